The monoisotopic (exact) mass is 552 g/mol. The summed E-state index contributed by atoms with van der Waals surface area (Å²) in [4.78, 5) is 58.9. The highest BCUT2D eigenvalue weighted by Gasteiger charge is 2.81. The number of fused-ring (bicyclic) bond motifs is 2. The van der Waals surface area contributed by atoms with E-state index < -0.39 is 50.9 Å². The van der Waals surface area contributed by atoms with Gasteiger partial charge in [0.05, 0.1) is 5.41 Å². The van der Waals surface area contributed by atoms with E-state index in [1.54, 1.807) is 19.9 Å². The molecule has 5 heteroatoms. The zero-order chi connectivity index (χ0) is 30.8. The van der Waals surface area contributed by atoms with Gasteiger partial charge < -0.3 is 5.11 Å². The van der Waals surface area contributed by atoms with E-state index in [4.69, 9.17) is 0 Å². The first-order chi connectivity index (χ1) is 18.3. The molecule has 2 bridgehead atoms. The van der Waals surface area contributed by atoms with Gasteiger partial charge in [0, 0.05) is 12.3 Å². The number of allylic oxidation sites excluding steroid dienone is 7. The van der Waals surface area contributed by atoms with Crippen molar-refractivity contribution < 1.29 is 24.3 Å². The molecule has 0 heterocycles. The van der Waals surface area contributed by atoms with E-state index in [-0.39, 0.29) is 25.2 Å². The maximum Gasteiger partial charge on any atom is 0.193 e. The molecular weight excluding hydrogens is 500 g/mol. The second-order valence-electron chi connectivity index (χ2n) is 13.8. The fourth-order valence-electron chi connectivity index (χ4n) is 6.93. The molecule has 2 aliphatic carbocycles. The van der Waals surface area contributed by atoms with E-state index >= 15 is 4.79 Å². The van der Waals surface area contributed by atoms with E-state index in [0.29, 0.717) is 19.3 Å². The molecule has 40 heavy (non-hydrogen) atoms. The van der Waals surface area contributed by atoms with E-state index in [9.17, 15) is 19.5 Å². The number of carbonyl (C=O) groups excluding carboxylic acids is 4. The highest BCUT2D eigenvalue weighted by atomic mass is 16.3. The Balaban J connectivity index is 3.12. The Kier molecular flexibility index (Phi) is 10.3. The van der Waals surface area contributed by atoms with Gasteiger partial charge in [-0.1, -0.05) is 67.4 Å². The average molecular weight is 553 g/mol. The van der Waals surface area contributed by atoms with Crippen molar-refractivity contribution in [1.29, 1.82) is 0 Å². The first-order valence-electron chi connectivity index (χ1n) is 14.8. The third kappa shape index (κ3) is 5.55. The van der Waals surface area contributed by atoms with E-state index in [1.807, 2.05) is 68.4 Å². The summed E-state index contributed by atoms with van der Waals surface area (Å²) >= 11 is 0. The summed E-state index contributed by atoms with van der Waals surface area (Å²) in [5.74, 6) is -3.67. The lowest BCUT2D eigenvalue weighted by molar-refractivity contribution is -0.202. The van der Waals surface area contributed by atoms with Crippen LogP contribution in [0.5, 0.6) is 0 Å². The number of aliphatic hydroxyl groups is 1. The summed E-state index contributed by atoms with van der Waals surface area (Å²) in [7, 11) is 0. The molecule has 0 unspecified atom stereocenters. The number of ketones is 4. The van der Waals surface area contributed by atoms with Crippen LogP contribution < -0.4 is 0 Å². The number of hydrogen-bond donors (Lipinski definition) is 1. The van der Waals surface area contributed by atoms with Crippen LogP contribution in [0.15, 0.2) is 46.6 Å². The quantitative estimate of drug-likeness (QED) is 0.212. The molecule has 1 N–H and O–H groups in total. The van der Waals surface area contributed by atoms with Crippen LogP contribution in [0.1, 0.15) is 115 Å². The van der Waals surface area contributed by atoms with Gasteiger partial charge in [-0.25, -0.2) is 0 Å². The van der Waals surface area contributed by atoms with Crippen LogP contribution in [0.3, 0.4) is 0 Å². The zero-order valence-corrected chi connectivity index (χ0v) is 26.8. The first-order valence-corrected chi connectivity index (χ1v) is 14.8. The first kappa shape index (κ1) is 33.8. The molecule has 0 radical (unpaired) electrons. The molecule has 2 saturated carbocycles. The molecule has 0 spiro atoms. The lowest BCUT2D eigenvalue weighted by atomic mass is 9.35. The van der Waals surface area contributed by atoms with Gasteiger partial charge >= 0.3 is 0 Å². The predicted molar refractivity (Wildman–Crippen MR) is 162 cm³/mol. The molecule has 2 rings (SSSR count). The molecule has 0 aliphatic heterocycles. The Bertz CT molecular complexity index is 1150. The molecule has 0 aromatic rings. The standard InChI is InChI=1S/C35H52O5/c1-22(2)13-12-18-32(11)27(15-14-23(3)4)21-33(19-16-24(5)6)29(37)34(40,20-17-25(7)8)31(39)35(32,30(33)38)28(36)26(9)10/h13-14,16-17,26-27,40H,12,15,18-21H2,1-11H3/t27-,32+,33+,34-,35+/m1/s1. The SMILES string of the molecule is CC(C)=CCC[C@@]1(C)[C@H](CC=C(C)C)C[C@@]2(CC=C(C)C)C(=O)[C@](O)(CC=C(C)C)C(=O)[C@]1(C(=O)C(C)C)C2=O. The summed E-state index contributed by atoms with van der Waals surface area (Å²) < 4.78 is 0. The van der Waals surface area contributed by atoms with Crippen molar-refractivity contribution in [2.24, 2.45) is 28.1 Å². The van der Waals surface area contributed by atoms with Crippen LogP contribution in [0.4, 0.5) is 0 Å². The molecule has 5 nitrogen and oxygen atoms in total. The van der Waals surface area contributed by atoms with Crippen molar-refractivity contribution in [1.82, 2.24) is 0 Å². The number of carbonyl (C=O) groups is 4. The molecule has 0 saturated heterocycles. The van der Waals surface area contributed by atoms with Crippen LogP contribution in [0, 0.1) is 28.1 Å². The maximum absolute atomic E-state index is 15.0. The van der Waals surface area contributed by atoms with E-state index in [2.05, 4.69) is 12.2 Å². The second-order valence-corrected chi connectivity index (χ2v) is 13.8. The Hall–Kier alpha value is -2.40. The minimum Gasteiger partial charge on any atom is -0.374 e. The van der Waals surface area contributed by atoms with Crippen LogP contribution in [0.25, 0.3) is 0 Å². The zero-order valence-electron chi connectivity index (χ0n) is 26.8. The lowest BCUT2D eigenvalue weighted by Gasteiger charge is -2.63. The van der Waals surface area contributed by atoms with Crippen molar-refractivity contribution in [3.05, 3.63) is 46.6 Å². The van der Waals surface area contributed by atoms with Crippen LogP contribution in [-0.2, 0) is 19.2 Å². The van der Waals surface area contributed by atoms with Gasteiger partial charge in [-0.2, -0.15) is 0 Å². The van der Waals surface area contributed by atoms with Crippen molar-refractivity contribution in [2.75, 3.05) is 0 Å². The van der Waals surface area contributed by atoms with Gasteiger partial charge in [0.25, 0.3) is 0 Å². The predicted octanol–water partition coefficient (Wildman–Crippen LogP) is 7.48. The lowest BCUT2D eigenvalue weighted by Crippen LogP contribution is -2.79. The Morgan fingerprint density at radius 1 is 0.800 bits per heavy atom. The third-order valence-electron chi connectivity index (χ3n) is 9.24. The largest absolute Gasteiger partial charge is 0.374 e. The van der Waals surface area contributed by atoms with Crippen molar-refractivity contribution in [3.8, 4) is 0 Å². The van der Waals surface area contributed by atoms with Crippen LogP contribution >= 0.6 is 0 Å². The Morgan fingerprint density at radius 2 is 1.30 bits per heavy atom. The number of hydrogen-bond acceptors (Lipinski definition) is 5. The minimum atomic E-state index is -2.45. The van der Waals surface area contributed by atoms with Gasteiger partial charge in [-0.3, -0.25) is 19.2 Å². The molecule has 5 atom stereocenters. The fourth-order valence-corrected chi connectivity index (χ4v) is 6.93. The van der Waals surface area contributed by atoms with Gasteiger partial charge in [0.2, 0.25) is 0 Å². The molecule has 2 fully saturated rings. The summed E-state index contributed by atoms with van der Waals surface area (Å²) in [6.45, 7) is 20.8. The normalized spacial score (nSPS) is 31.5. The molecule has 222 valence electrons. The summed E-state index contributed by atoms with van der Waals surface area (Å²) in [5.41, 5.74) is -3.35. The van der Waals surface area contributed by atoms with Crippen molar-refractivity contribution in [3.63, 3.8) is 0 Å². The summed E-state index contributed by atoms with van der Waals surface area (Å²) in [6.07, 6.45) is 9.24. The highest BCUT2D eigenvalue weighted by molar-refractivity contribution is 6.41. The van der Waals surface area contributed by atoms with Crippen LogP contribution in [-0.4, -0.2) is 33.8 Å². The molecule has 2 aliphatic rings. The maximum atomic E-state index is 15.0. The number of rotatable bonds is 11. The minimum absolute atomic E-state index is 0.0694. The molecule has 0 aromatic carbocycles. The van der Waals surface area contributed by atoms with Gasteiger partial charge in [0.1, 0.15) is 0 Å². The van der Waals surface area contributed by atoms with Gasteiger partial charge in [-0.15, -0.1) is 0 Å². The average Bonchev–Trinajstić information content (AvgIpc) is 2.84. The topological polar surface area (TPSA) is 88.5 Å². The molecule has 0 amide bonds. The van der Waals surface area contributed by atoms with Crippen LogP contribution in [0.2, 0.25) is 0 Å². The summed E-state index contributed by atoms with van der Waals surface area (Å²) in [6, 6.07) is 0. The number of Topliss-reactive ketones (excluding diaryl/α,β-unsaturated/α-hetero) is 4. The van der Waals surface area contributed by atoms with Gasteiger partial charge in [0.15, 0.2) is 34.1 Å². The van der Waals surface area contributed by atoms with Gasteiger partial charge in [-0.05, 0) is 98.8 Å². The Morgan fingerprint density at radius 3 is 1.77 bits per heavy atom. The molecular formula is C35H52O5. The summed E-state index contributed by atoms with van der Waals surface area (Å²) in [5, 5.41) is 12.2. The fraction of sp³-hybridized carbons (Fsp3) is 0.657. The highest BCUT2D eigenvalue weighted by Crippen LogP contribution is 2.67. The smallest absolute Gasteiger partial charge is 0.193 e. The molecule has 0 aromatic heterocycles. The van der Waals surface area contributed by atoms with Crippen molar-refractivity contribution in [2.45, 2.75) is 120 Å². The Labute approximate surface area is 242 Å². The van der Waals surface area contributed by atoms with E-state index in [1.165, 1.54) is 0 Å². The van der Waals surface area contributed by atoms with Crippen molar-refractivity contribution >= 4 is 23.1 Å². The third-order valence-corrected chi connectivity index (χ3v) is 9.24. The second kappa shape index (κ2) is 12.2. The van der Waals surface area contributed by atoms with E-state index in [0.717, 1.165) is 22.3 Å².